The van der Waals surface area contributed by atoms with Crippen LogP contribution in [0.3, 0.4) is 0 Å². The molecule has 5 nitrogen and oxygen atoms in total. The van der Waals surface area contributed by atoms with E-state index in [0.29, 0.717) is 37.5 Å². The number of hydrogen-bond donors (Lipinski definition) is 2. The van der Waals surface area contributed by atoms with Gasteiger partial charge >= 0.3 is 5.97 Å². The van der Waals surface area contributed by atoms with Crippen molar-refractivity contribution < 1.29 is 24.1 Å². The normalized spacial score (nSPS) is 21.6. The van der Waals surface area contributed by atoms with Crippen molar-refractivity contribution in [3.63, 3.8) is 0 Å². The van der Waals surface area contributed by atoms with E-state index in [0.717, 1.165) is 35.9 Å². The fraction of sp³-hybridized carbons (Fsp3) is 0.423. The van der Waals surface area contributed by atoms with Gasteiger partial charge in [0.25, 0.3) is 0 Å². The summed E-state index contributed by atoms with van der Waals surface area (Å²) < 4.78 is 21.9. The van der Waals surface area contributed by atoms with Crippen molar-refractivity contribution >= 4 is 16.9 Å². The number of aryl methyl sites for hydroxylation is 1. The highest BCUT2D eigenvalue weighted by atomic mass is 19.1. The molecule has 1 aliphatic heterocycles. The van der Waals surface area contributed by atoms with Crippen LogP contribution in [-0.2, 0) is 16.0 Å². The number of benzene rings is 2. The monoisotopic (exact) mass is 437 g/mol. The second kappa shape index (κ2) is 8.24. The predicted octanol–water partition coefficient (Wildman–Crippen LogP) is 5.33. The second-order valence-corrected chi connectivity index (χ2v) is 9.30. The van der Waals surface area contributed by atoms with Crippen molar-refractivity contribution in [1.82, 2.24) is 4.57 Å². The van der Waals surface area contributed by atoms with E-state index in [-0.39, 0.29) is 23.4 Å². The fourth-order valence-corrected chi connectivity index (χ4v) is 5.42. The molecule has 1 saturated heterocycles. The molecule has 0 radical (unpaired) electrons. The van der Waals surface area contributed by atoms with Gasteiger partial charge in [-0.2, -0.15) is 0 Å². The minimum absolute atomic E-state index is 0.210. The molecule has 3 aromatic rings. The molecule has 168 valence electrons. The molecule has 2 aromatic carbocycles. The number of aromatic hydroxyl groups is 1. The Hall–Kier alpha value is -2.86. The fourth-order valence-electron chi connectivity index (χ4n) is 5.42. The molecular formula is C26H28FNO4. The van der Waals surface area contributed by atoms with Gasteiger partial charge in [-0.25, -0.2) is 4.39 Å². The van der Waals surface area contributed by atoms with Gasteiger partial charge in [-0.1, -0.05) is 0 Å². The van der Waals surface area contributed by atoms with Crippen molar-refractivity contribution in [3.05, 3.63) is 59.0 Å². The quantitative estimate of drug-likeness (QED) is 0.566. The van der Waals surface area contributed by atoms with Crippen LogP contribution in [0.25, 0.3) is 16.6 Å². The van der Waals surface area contributed by atoms with E-state index in [4.69, 9.17) is 4.74 Å². The molecule has 2 fully saturated rings. The Morgan fingerprint density at radius 3 is 2.59 bits per heavy atom. The van der Waals surface area contributed by atoms with E-state index in [9.17, 15) is 19.4 Å². The van der Waals surface area contributed by atoms with Crippen LogP contribution < -0.4 is 0 Å². The van der Waals surface area contributed by atoms with Gasteiger partial charge in [-0.3, -0.25) is 4.79 Å². The Balaban J connectivity index is 1.68. The lowest BCUT2D eigenvalue weighted by Gasteiger charge is -2.33. The van der Waals surface area contributed by atoms with E-state index >= 15 is 0 Å². The molecule has 0 unspecified atom stereocenters. The number of carbonyl (C=O) groups is 1. The van der Waals surface area contributed by atoms with Crippen molar-refractivity contribution in [3.8, 4) is 11.4 Å². The highest BCUT2D eigenvalue weighted by molar-refractivity contribution is 5.89. The van der Waals surface area contributed by atoms with Crippen molar-refractivity contribution in [1.29, 1.82) is 0 Å². The van der Waals surface area contributed by atoms with E-state index in [1.165, 1.54) is 17.3 Å². The largest absolute Gasteiger partial charge is 0.508 e. The van der Waals surface area contributed by atoms with Crippen LogP contribution in [0.2, 0.25) is 0 Å². The van der Waals surface area contributed by atoms with Crippen molar-refractivity contribution in [2.45, 2.75) is 44.9 Å². The molecule has 32 heavy (non-hydrogen) atoms. The summed E-state index contributed by atoms with van der Waals surface area (Å²) in [5, 5.41) is 20.6. The third kappa shape index (κ3) is 3.66. The number of carboxylic acid groups (broad SMARTS) is 1. The number of aliphatic carboxylic acids is 1. The van der Waals surface area contributed by atoms with E-state index in [1.54, 1.807) is 13.0 Å². The van der Waals surface area contributed by atoms with Crippen molar-refractivity contribution in [2.75, 3.05) is 13.2 Å². The number of rotatable bonds is 5. The molecule has 0 bridgehead atoms. The van der Waals surface area contributed by atoms with Gasteiger partial charge in [0.15, 0.2) is 0 Å². The molecule has 0 amide bonds. The lowest BCUT2D eigenvalue weighted by Crippen LogP contribution is -2.31. The Kier molecular flexibility index (Phi) is 5.41. The average molecular weight is 438 g/mol. The van der Waals surface area contributed by atoms with Crippen LogP contribution in [0.4, 0.5) is 4.39 Å². The maximum atomic E-state index is 14.1. The second-order valence-electron chi connectivity index (χ2n) is 9.30. The Bertz CT molecular complexity index is 1170. The van der Waals surface area contributed by atoms with Crippen LogP contribution in [0.1, 0.15) is 48.4 Å². The summed E-state index contributed by atoms with van der Waals surface area (Å²) in [4.78, 5) is 11.3. The molecular weight excluding hydrogens is 409 g/mol. The molecule has 1 aromatic heterocycles. The Labute approximate surface area is 186 Å². The SMILES string of the molecule is Cc1cc(-n2c(C3CCOCC3)c(C[C@H]3C[C@H](C(=O)O)C3)c3cc(O)ccc32)ccc1F. The molecule has 2 heterocycles. The van der Waals surface area contributed by atoms with Crippen LogP contribution in [0.5, 0.6) is 5.75 Å². The van der Waals surface area contributed by atoms with Gasteiger partial charge in [-0.15, -0.1) is 0 Å². The number of nitrogens with zero attached hydrogens (tertiary/aromatic N) is 1. The van der Waals surface area contributed by atoms with Gasteiger partial charge in [0, 0.05) is 35.9 Å². The van der Waals surface area contributed by atoms with Crippen LogP contribution >= 0.6 is 0 Å². The van der Waals surface area contributed by atoms with Gasteiger partial charge in [-0.05, 0) is 92.5 Å². The average Bonchev–Trinajstić information content (AvgIpc) is 3.06. The molecule has 2 N–H and O–H groups in total. The smallest absolute Gasteiger partial charge is 0.306 e. The van der Waals surface area contributed by atoms with Gasteiger partial charge in [0.05, 0.1) is 11.4 Å². The van der Waals surface area contributed by atoms with Crippen LogP contribution in [0.15, 0.2) is 36.4 Å². The lowest BCUT2D eigenvalue weighted by atomic mass is 9.71. The standard InChI is InChI=1S/C26H28FNO4/c1-15-10-19(2-4-23(15)27)28-24-5-3-20(29)14-21(24)22(13-16-11-18(12-16)26(30)31)25(28)17-6-8-32-9-7-17/h2-5,10,14,16-18,29H,6-9,11-13H2,1H3,(H,30,31)/t16-,18-. The van der Waals surface area contributed by atoms with Crippen LogP contribution in [-0.4, -0.2) is 34.0 Å². The minimum atomic E-state index is -0.715. The van der Waals surface area contributed by atoms with E-state index in [2.05, 4.69) is 4.57 Å². The maximum absolute atomic E-state index is 14.1. The van der Waals surface area contributed by atoms with Gasteiger partial charge in [0.1, 0.15) is 11.6 Å². The third-order valence-corrected chi connectivity index (χ3v) is 7.18. The molecule has 1 aliphatic carbocycles. The van der Waals surface area contributed by atoms with Crippen molar-refractivity contribution in [2.24, 2.45) is 11.8 Å². The first-order valence-electron chi connectivity index (χ1n) is 11.4. The highest BCUT2D eigenvalue weighted by Gasteiger charge is 2.36. The minimum Gasteiger partial charge on any atom is -0.508 e. The van der Waals surface area contributed by atoms with E-state index in [1.807, 2.05) is 24.3 Å². The number of ether oxygens (including phenoxy) is 1. The number of hydrogen-bond acceptors (Lipinski definition) is 3. The summed E-state index contributed by atoms with van der Waals surface area (Å²) in [7, 11) is 0. The predicted molar refractivity (Wildman–Crippen MR) is 120 cm³/mol. The first-order valence-corrected chi connectivity index (χ1v) is 11.4. The zero-order valence-corrected chi connectivity index (χ0v) is 18.2. The number of aromatic nitrogens is 1. The summed E-state index contributed by atoms with van der Waals surface area (Å²) in [6, 6.07) is 10.6. The number of phenolic OH excluding ortho intramolecular Hbond substituents is 1. The third-order valence-electron chi connectivity index (χ3n) is 7.18. The number of phenols is 1. The molecule has 2 aliphatic rings. The molecule has 1 saturated carbocycles. The Morgan fingerprint density at radius 2 is 1.91 bits per heavy atom. The van der Waals surface area contributed by atoms with Gasteiger partial charge < -0.3 is 19.5 Å². The highest BCUT2D eigenvalue weighted by Crippen LogP contribution is 2.44. The van der Waals surface area contributed by atoms with Gasteiger partial charge in [0.2, 0.25) is 0 Å². The first-order chi connectivity index (χ1) is 15.4. The van der Waals surface area contributed by atoms with E-state index < -0.39 is 5.97 Å². The first kappa shape index (κ1) is 21.0. The number of carboxylic acids is 1. The number of fused-ring (bicyclic) bond motifs is 1. The summed E-state index contributed by atoms with van der Waals surface area (Å²) in [6.45, 7) is 3.17. The summed E-state index contributed by atoms with van der Waals surface area (Å²) >= 11 is 0. The number of halogens is 1. The maximum Gasteiger partial charge on any atom is 0.306 e. The summed E-state index contributed by atoms with van der Waals surface area (Å²) in [6.07, 6.45) is 3.95. The molecule has 0 spiro atoms. The summed E-state index contributed by atoms with van der Waals surface area (Å²) in [5.74, 6) is -0.396. The molecule has 0 atom stereocenters. The van der Waals surface area contributed by atoms with Crippen LogP contribution in [0, 0.1) is 24.6 Å². The summed E-state index contributed by atoms with van der Waals surface area (Å²) in [5.41, 5.74) is 4.85. The molecule has 5 rings (SSSR count). The zero-order chi connectivity index (χ0) is 22.4. The zero-order valence-electron chi connectivity index (χ0n) is 18.2. The Morgan fingerprint density at radius 1 is 1.16 bits per heavy atom. The topological polar surface area (TPSA) is 71.7 Å². The lowest BCUT2D eigenvalue weighted by molar-refractivity contribution is -0.146. The molecule has 6 heteroatoms.